The fraction of sp³-hybridized carbons (Fsp3) is 0.600. The molecule has 1 aromatic rings. The van der Waals surface area contributed by atoms with Gasteiger partial charge in [-0.1, -0.05) is 30.7 Å². The highest BCUT2D eigenvalue weighted by molar-refractivity contribution is 6.30. The van der Waals surface area contributed by atoms with Crippen molar-refractivity contribution in [3.63, 3.8) is 0 Å². The fourth-order valence-electron chi connectivity index (χ4n) is 2.72. The summed E-state index contributed by atoms with van der Waals surface area (Å²) in [7, 11) is 0. The second-order valence-corrected chi connectivity index (χ2v) is 5.68. The van der Waals surface area contributed by atoms with E-state index in [9.17, 15) is 0 Å². The van der Waals surface area contributed by atoms with Gasteiger partial charge in [-0.25, -0.2) is 0 Å². The van der Waals surface area contributed by atoms with Gasteiger partial charge in [0.05, 0.1) is 12.7 Å². The summed E-state index contributed by atoms with van der Waals surface area (Å²) in [6, 6.07) is 8.61. The lowest BCUT2D eigenvalue weighted by Gasteiger charge is -2.39. The predicted octanol–water partition coefficient (Wildman–Crippen LogP) is 2.84. The molecule has 1 fully saturated rings. The Balaban J connectivity index is 2.13. The van der Waals surface area contributed by atoms with Gasteiger partial charge in [0.2, 0.25) is 0 Å². The first kappa shape index (κ1) is 14.8. The van der Waals surface area contributed by atoms with Gasteiger partial charge in [-0.05, 0) is 31.0 Å². The van der Waals surface area contributed by atoms with Crippen molar-refractivity contribution in [3.8, 4) is 0 Å². The maximum absolute atomic E-state index is 6.10. The van der Waals surface area contributed by atoms with Crippen molar-refractivity contribution in [3.05, 3.63) is 34.9 Å². The molecule has 4 heteroatoms. The molecule has 2 rings (SSSR count). The molecule has 3 atom stereocenters. The number of morpholine rings is 1. The van der Waals surface area contributed by atoms with Crippen molar-refractivity contribution in [2.45, 2.75) is 38.5 Å². The summed E-state index contributed by atoms with van der Waals surface area (Å²) in [6.45, 7) is 6.82. The summed E-state index contributed by atoms with van der Waals surface area (Å²) in [5, 5.41) is 0.799. The maximum Gasteiger partial charge on any atom is 0.0850 e. The summed E-state index contributed by atoms with van der Waals surface area (Å²) in [4.78, 5) is 2.46. The van der Waals surface area contributed by atoms with Gasteiger partial charge in [-0.15, -0.1) is 0 Å². The van der Waals surface area contributed by atoms with Gasteiger partial charge in [0.1, 0.15) is 0 Å². The van der Waals surface area contributed by atoms with E-state index in [4.69, 9.17) is 22.1 Å². The molecule has 106 valence electrons. The summed E-state index contributed by atoms with van der Waals surface area (Å²) in [5.41, 5.74) is 7.24. The standard InChI is InChI=1S/C15H23ClN2O/c1-3-14(12-5-4-6-13(16)9-12)18-7-8-19-15(10-18)11(2)17/h4-6,9,11,14-15H,3,7-8,10,17H2,1-2H3. The molecule has 3 nitrogen and oxygen atoms in total. The van der Waals surface area contributed by atoms with E-state index in [0.717, 1.165) is 31.1 Å². The van der Waals surface area contributed by atoms with Crippen LogP contribution in [0.2, 0.25) is 5.02 Å². The van der Waals surface area contributed by atoms with Crippen LogP contribution in [0.5, 0.6) is 0 Å². The predicted molar refractivity (Wildman–Crippen MR) is 79.4 cm³/mol. The molecule has 1 aromatic carbocycles. The van der Waals surface area contributed by atoms with Crippen LogP contribution in [0.25, 0.3) is 0 Å². The molecule has 1 aliphatic heterocycles. The third kappa shape index (κ3) is 3.69. The first-order chi connectivity index (χ1) is 9.11. The highest BCUT2D eigenvalue weighted by Crippen LogP contribution is 2.28. The third-order valence-corrected chi connectivity index (χ3v) is 4.01. The number of benzene rings is 1. The van der Waals surface area contributed by atoms with Crippen molar-refractivity contribution >= 4 is 11.6 Å². The minimum Gasteiger partial charge on any atom is -0.374 e. The Hall–Kier alpha value is -0.610. The molecule has 0 saturated carbocycles. The van der Waals surface area contributed by atoms with Crippen LogP contribution in [0.1, 0.15) is 31.9 Å². The van der Waals surface area contributed by atoms with E-state index in [1.165, 1.54) is 5.56 Å². The maximum atomic E-state index is 6.10. The van der Waals surface area contributed by atoms with Crippen LogP contribution in [0.3, 0.4) is 0 Å². The normalized spacial score (nSPS) is 24.1. The molecular weight excluding hydrogens is 260 g/mol. The smallest absolute Gasteiger partial charge is 0.0850 e. The molecule has 0 spiro atoms. The molecule has 0 radical (unpaired) electrons. The number of halogens is 1. The van der Waals surface area contributed by atoms with Crippen LogP contribution >= 0.6 is 11.6 Å². The van der Waals surface area contributed by atoms with E-state index in [-0.39, 0.29) is 12.1 Å². The minimum absolute atomic E-state index is 0.0691. The van der Waals surface area contributed by atoms with E-state index >= 15 is 0 Å². The fourth-order valence-corrected chi connectivity index (χ4v) is 2.91. The van der Waals surface area contributed by atoms with Crippen LogP contribution in [0, 0.1) is 0 Å². The van der Waals surface area contributed by atoms with Gasteiger partial charge in [-0.2, -0.15) is 0 Å². The van der Waals surface area contributed by atoms with Crippen molar-refractivity contribution in [1.29, 1.82) is 0 Å². The van der Waals surface area contributed by atoms with Gasteiger partial charge in [-0.3, -0.25) is 4.90 Å². The average molecular weight is 283 g/mol. The minimum atomic E-state index is 0.0691. The van der Waals surface area contributed by atoms with E-state index in [2.05, 4.69) is 24.0 Å². The van der Waals surface area contributed by atoms with Gasteiger partial charge in [0, 0.05) is 30.2 Å². The van der Waals surface area contributed by atoms with Gasteiger partial charge >= 0.3 is 0 Å². The first-order valence-electron chi connectivity index (χ1n) is 6.98. The highest BCUT2D eigenvalue weighted by Gasteiger charge is 2.28. The quantitative estimate of drug-likeness (QED) is 0.923. The van der Waals surface area contributed by atoms with Crippen LogP contribution in [-0.2, 0) is 4.74 Å². The number of rotatable bonds is 4. The van der Waals surface area contributed by atoms with Crippen LogP contribution in [0.4, 0.5) is 0 Å². The lowest BCUT2D eigenvalue weighted by atomic mass is 10.0. The molecule has 1 aliphatic rings. The van der Waals surface area contributed by atoms with Crippen molar-refractivity contribution in [2.24, 2.45) is 5.73 Å². The number of ether oxygens (including phenoxy) is 1. The zero-order valence-electron chi connectivity index (χ0n) is 11.7. The molecule has 2 N–H and O–H groups in total. The molecule has 0 aromatic heterocycles. The summed E-state index contributed by atoms with van der Waals surface area (Å²) in [6.07, 6.45) is 1.19. The molecule has 0 amide bonds. The molecule has 0 aliphatic carbocycles. The summed E-state index contributed by atoms with van der Waals surface area (Å²) in [5.74, 6) is 0. The highest BCUT2D eigenvalue weighted by atomic mass is 35.5. The molecule has 1 saturated heterocycles. The van der Waals surface area contributed by atoms with Gasteiger partial charge < -0.3 is 10.5 Å². The zero-order valence-corrected chi connectivity index (χ0v) is 12.4. The van der Waals surface area contributed by atoms with Crippen molar-refractivity contribution in [1.82, 2.24) is 4.90 Å². The van der Waals surface area contributed by atoms with Crippen LogP contribution in [0.15, 0.2) is 24.3 Å². The first-order valence-corrected chi connectivity index (χ1v) is 7.36. The Bertz CT molecular complexity index is 411. The number of hydrogen-bond donors (Lipinski definition) is 1. The Labute approximate surface area is 120 Å². The zero-order chi connectivity index (χ0) is 13.8. The van der Waals surface area contributed by atoms with Gasteiger partial charge in [0.25, 0.3) is 0 Å². The monoisotopic (exact) mass is 282 g/mol. The Kier molecular flexibility index (Phi) is 5.22. The van der Waals surface area contributed by atoms with E-state index < -0.39 is 0 Å². The largest absolute Gasteiger partial charge is 0.374 e. The topological polar surface area (TPSA) is 38.5 Å². The SMILES string of the molecule is CCC(c1cccc(Cl)c1)N1CCOC(C(C)N)C1. The molecule has 19 heavy (non-hydrogen) atoms. The van der Waals surface area contributed by atoms with E-state index in [1.807, 2.05) is 19.1 Å². The second-order valence-electron chi connectivity index (χ2n) is 5.24. The number of nitrogens with zero attached hydrogens (tertiary/aromatic N) is 1. The lowest BCUT2D eigenvalue weighted by molar-refractivity contribution is -0.0526. The molecule has 1 heterocycles. The van der Waals surface area contributed by atoms with E-state index in [1.54, 1.807) is 0 Å². The number of nitrogens with two attached hydrogens (primary N) is 1. The van der Waals surface area contributed by atoms with Crippen molar-refractivity contribution in [2.75, 3.05) is 19.7 Å². The Morgan fingerprint density at radius 1 is 1.53 bits per heavy atom. The summed E-state index contributed by atoms with van der Waals surface area (Å²) >= 11 is 6.10. The number of hydrogen-bond acceptors (Lipinski definition) is 3. The molecule has 3 unspecified atom stereocenters. The average Bonchev–Trinajstić information content (AvgIpc) is 2.40. The molecule has 0 bridgehead atoms. The Morgan fingerprint density at radius 3 is 2.95 bits per heavy atom. The lowest BCUT2D eigenvalue weighted by Crippen LogP contribution is -2.50. The third-order valence-electron chi connectivity index (χ3n) is 3.77. The second kappa shape index (κ2) is 6.71. The van der Waals surface area contributed by atoms with Crippen LogP contribution < -0.4 is 5.73 Å². The summed E-state index contributed by atoms with van der Waals surface area (Å²) < 4.78 is 5.73. The van der Waals surface area contributed by atoms with Crippen molar-refractivity contribution < 1.29 is 4.74 Å². The molecular formula is C15H23ClN2O. The van der Waals surface area contributed by atoms with Gasteiger partial charge in [0.15, 0.2) is 0 Å². The van der Waals surface area contributed by atoms with E-state index in [0.29, 0.717) is 6.04 Å². The van der Waals surface area contributed by atoms with Crippen LogP contribution in [-0.4, -0.2) is 36.7 Å². The Morgan fingerprint density at radius 2 is 2.32 bits per heavy atom.